The summed E-state index contributed by atoms with van der Waals surface area (Å²) in [6.45, 7) is 5.17. The second-order valence-electron chi connectivity index (χ2n) is 3.91. The molecule has 0 unspecified atom stereocenters. The Hall–Kier alpha value is -0.810. The van der Waals surface area contributed by atoms with Gasteiger partial charge >= 0.3 is 6.03 Å². The number of carbonyl (C=O) groups excluding carboxylic acids is 1. The molecule has 0 bridgehead atoms. The molecule has 0 aliphatic heterocycles. The third kappa shape index (κ3) is 8.94. The van der Waals surface area contributed by atoms with E-state index in [1.807, 2.05) is 0 Å². The molecule has 0 aromatic rings. The van der Waals surface area contributed by atoms with Gasteiger partial charge in [-0.2, -0.15) is 0 Å². The van der Waals surface area contributed by atoms with Crippen LogP contribution >= 0.6 is 0 Å². The molecule has 17 heavy (non-hydrogen) atoms. The van der Waals surface area contributed by atoms with E-state index < -0.39 is 0 Å². The van der Waals surface area contributed by atoms with Crippen molar-refractivity contribution in [3.63, 3.8) is 0 Å². The van der Waals surface area contributed by atoms with Gasteiger partial charge < -0.3 is 19.7 Å². The number of ether oxygens (including phenoxy) is 2. The van der Waals surface area contributed by atoms with Gasteiger partial charge in [0.15, 0.2) is 0 Å². The maximum atomic E-state index is 11.8. The highest BCUT2D eigenvalue weighted by atomic mass is 16.5. The normalized spacial score (nSPS) is 10.3. The lowest BCUT2D eigenvalue weighted by molar-refractivity contribution is 0.122. The summed E-state index contributed by atoms with van der Waals surface area (Å²) in [4.78, 5) is 13.5. The van der Waals surface area contributed by atoms with Gasteiger partial charge in [-0.05, 0) is 6.42 Å². The largest absolute Gasteiger partial charge is 0.383 e. The number of hydrogen-bond donors (Lipinski definition) is 1. The number of urea groups is 1. The Kier molecular flexibility index (Phi) is 11.1. The Bertz CT molecular complexity index is 181. The Balaban J connectivity index is 3.85. The lowest BCUT2D eigenvalue weighted by Crippen LogP contribution is -2.43. The number of unbranched alkanes of at least 4 members (excludes halogenated alkanes) is 2. The van der Waals surface area contributed by atoms with Gasteiger partial charge in [-0.3, -0.25) is 0 Å². The third-order valence-corrected chi connectivity index (χ3v) is 2.47. The number of amides is 2. The van der Waals surface area contributed by atoms with E-state index in [0.717, 1.165) is 25.8 Å². The van der Waals surface area contributed by atoms with Crippen LogP contribution in [0, 0.1) is 0 Å². The van der Waals surface area contributed by atoms with Crippen LogP contribution in [0.3, 0.4) is 0 Å². The molecule has 0 aromatic carbocycles. The number of carbonyl (C=O) groups is 1. The van der Waals surface area contributed by atoms with E-state index in [1.165, 1.54) is 0 Å². The van der Waals surface area contributed by atoms with Crippen LogP contribution in [-0.4, -0.2) is 58.0 Å². The number of methoxy groups -OCH3 is 2. The van der Waals surface area contributed by atoms with Gasteiger partial charge in [0, 0.05) is 33.9 Å². The Morgan fingerprint density at radius 3 is 2.18 bits per heavy atom. The number of hydrogen-bond acceptors (Lipinski definition) is 3. The standard InChI is InChI=1S/C12H26N2O3/c1-4-5-6-7-13-12(15)14(8-10-16-2)9-11-17-3/h4-11H2,1-3H3,(H,13,15). The molecule has 1 N–H and O–H groups in total. The topological polar surface area (TPSA) is 50.8 Å². The molecular formula is C12H26N2O3. The molecule has 5 nitrogen and oxygen atoms in total. The van der Waals surface area contributed by atoms with Crippen LogP contribution in [0.2, 0.25) is 0 Å². The van der Waals surface area contributed by atoms with E-state index in [1.54, 1.807) is 19.1 Å². The van der Waals surface area contributed by atoms with Gasteiger partial charge in [0.25, 0.3) is 0 Å². The van der Waals surface area contributed by atoms with Crippen LogP contribution < -0.4 is 5.32 Å². The maximum absolute atomic E-state index is 11.8. The van der Waals surface area contributed by atoms with Crippen LogP contribution in [0.1, 0.15) is 26.2 Å². The first-order chi connectivity index (χ1) is 8.26. The first kappa shape index (κ1) is 16.2. The van der Waals surface area contributed by atoms with E-state index in [-0.39, 0.29) is 6.03 Å². The van der Waals surface area contributed by atoms with Gasteiger partial charge in [0.1, 0.15) is 0 Å². The predicted octanol–water partition coefficient (Wildman–Crippen LogP) is 1.48. The molecule has 5 heteroatoms. The summed E-state index contributed by atoms with van der Waals surface area (Å²) in [6, 6.07) is -0.0322. The second-order valence-corrected chi connectivity index (χ2v) is 3.91. The predicted molar refractivity (Wildman–Crippen MR) is 68.2 cm³/mol. The number of rotatable bonds is 10. The van der Waals surface area contributed by atoms with Crippen molar-refractivity contribution >= 4 is 6.03 Å². The molecule has 0 aliphatic rings. The van der Waals surface area contributed by atoms with Crippen LogP contribution in [0.5, 0.6) is 0 Å². The maximum Gasteiger partial charge on any atom is 0.317 e. The van der Waals surface area contributed by atoms with Gasteiger partial charge in [-0.25, -0.2) is 4.79 Å². The summed E-state index contributed by atoms with van der Waals surface area (Å²) in [6.07, 6.45) is 3.34. The number of nitrogens with one attached hydrogen (secondary N) is 1. The summed E-state index contributed by atoms with van der Waals surface area (Å²) >= 11 is 0. The zero-order valence-electron chi connectivity index (χ0n) is 11.3. The highest BCUT2D eigenvalue weighted by molar-refractivity contribution is 5.74. The highest BCUT2D eigenvalue weighted by Gasteiger charge is 2.11. The molecule has 102 valence electrons. The molecule has 0 fully saturated rings. The summed E-state index contributed by atoms with van der Waals surface area (Å²) < 4.78 is 9.97. The quantitative estimate of drug-likeness (QED) is 0.594. The van der Waals surface area contributed by atoms with Crippen molar-refractivity contribution in [3.8, 4) is 0 Å². The van der Waals surface area contributed by atoms with Gasteiger partial charge in [-0.1, -0.05) is 19.8 Å². The Morgan fingerprint density at radius 2 is 1.71 bits per heavy atom. The molecule has 0 atom stereocenters. The van der Waals surface area contributed by atoms with Crippen LogP contribution in [0.4, 0.5) is 4.79 Å². The average molecular weight is 246 g/mol. The smallest absolute Gasteiger partial charge is 0.317 e. The van der Waals surface area contributed by atoms with Crippen LogP contribution in [0.25, 0.3) is 0 Å². The van der Waals surface area contributed by atoms with Crippen molar-refractivity contribution in [2.45, 2.75) is 26.2 Å². The lowest BCUT2D eigenvalue weighted by Gasteiger charge is -2.22. The Labute approximate surface area is 104 Å². The van der Waals surface area contributed by atoms with Gasteiger partial charge in [0.05, 0.1) is 13.2 Å². The molecule has 0 radical (unpaired) electrons. The van der Waals surface area contributed by atoms with Crippen molar-refractivity contribution in [3.05, 3.63) is 0 Å². The lowest BCUT2D eigenvalue weighted by atomic mass is 10.2. The minimum Gasteiger partial charge on any atom is -0.383 e. The molecule has 0 spiro atoms. The minimum absolute atomic E-state index is 0.0322. The molecule has 2 amide bonds. The number of nitrogens with zero attached hydrogens (tertiary/aromatic N) is 1. The van der Waals surface area contributed by atoms with E-state index in [9.17, 15) is 4.79 Å². The molecule has 0 aliphatic carbocycles. The van der Waals surface area contributed by atoms with Crippen molar-refractivity contribution in [1.82, 2.24) is 10.2 Å². The van der Waals surface area contributed by atoms with Crippen LogP contribution in [-0.2, 0) is 9.47 Å². The van der Waals surface area contributed by atoms with Crippen LogP contribution in [0.15, 0.2) is 0 Å². The minimum atomic E-state index is -0.0322. The molecular weight excluding hydrogens is 220 g/mol. The highest BCUT2D eigenvalue weighted by Crippen LogP contribution is 1.94. The van der Waals surface area contributed by atoms with Gasteiger partial charge in [0.2, 0.25) is 0 Å². The van der Waals surface area contributed by atoms with E-state index in [0.29, 0.717) is 26.3 Å². The molecule has 0 rings (SSSR count). The molecule has 0 saturated heterocycles. The van der Waals surface area contributed by atoms with E-state index in [2.05, 4.69) is 12.2 Å². The van der Waals surface area contributed by atoms with Crippen molar-refractivity contribution in [2.24, 2.45) is 0 Å². The third-order valence-electron chi connectivity index (χ3n) is 2.47. The Morgan fingerprint density at radius 1 is 1.12 bits per heavy atom. The van der Waals surface area contributed by atoms with Crippen molar-refractivity contribution in [2.75, 3.05) is 47.1 Å². The first-order valence-corrected chi connectivity index (χ1v) is 6.26. The monoisotopic (exact) mass is 246 g/mol. The summed E-state index contributed by atoms with van der Waals surface area (Å²) in [5.74, 6) is 0. The van der Waals surface area contributed by atoms with E-state index in [4.69, 9.17) is 9.47 Å². The average Bonchev–Trinajstić information content (AvgIpc) is 2.34. The first-order valence-electron chi connectivity index (χ1n) is 6.26. The van der Waals surface area contributed by atoms with Crippen molar-refractivity contribution < 1.29 is 14.3 Å². The SMILES string of the molecule is CCCCCNC(=O)N(CCOC)CCOC. The fourth-order valence-electron chi connectivity index (χ4n) is 1.40. The second kappa shape index (κ2) is 11.7. The summed E-state index contributed by atoms with van der Waals surface area (Å²) in [7, 11) is 3.27. The molecule has 0 saturated carbocycles. The molecule has 0 heterocycles. The van der Waals surface area contributed by atoms with Gasteiger partial charge in [-0.15, -0.1) is 0 Å². The fourth-order valence-corrected chi connectivity index (χ4v) is 1.40. The van der Waals surface area contributed by atoms with Crippen molar-refractivity contribution in [1.29, 1.82) is 0 Å². The zero-order chi connectivity index (χ0) is 12.9. The van der Waals surface area contributed by atoms with E-state index >= 15 is 0 Å². The summed E-state index contributed by atoms with van der Waals surface area (Å²) in [5, 5.41) is 2.91. The fraction of sp³-hybridized carbons (Fsp3) is 0.917. The summed E-state index contributed by atoms with van der Waals surface area (Å²) in [5.41, 5.74) is 0. The molecule has 0 aromatic heterocycles. The zero-order valence-corrected chi connectivity index (χ0v) is 11.3.